The number of fused-ring (bicyclic) bond motifs is 4. The lowest BCUT2D eigenvalue weighted by Gasteiger charge is -2.32. The van der Waals surface area contributed by atoms with Crippen molar-refractivity contribution in [3.8, 4) is 17.0 Å². The Balaban J connectivity index is 1.88. The van der Waals surface area contributed by atoms with Gasteiger partial charge in [0.05, 0.1) is 23.4 Å². The molecule has 0 fully saturated rings. The fourth-order valence-corrected chi connectivity index (χ4v) is 5.43. The molecule has 1 aliphatic rings. The van der Waals surface area contributed by atoms with Crippen LogP contribution in [0.1, 0.15) is 45.3 Å². The van der Waals surface area contributed by atoms with Crippen LogP contribution in [0.25, 0.3) is 22.0 Å². The lowest BCUT2D eigenvalue weighted by Crippen LogP contribution is -2.60. The van der Waals surface area contributed by atoms with Crippen molar-refractivity contribution in [1.82, 2.24) is 10.1 Å². The highest BCUT2D eigenvalue weighted by molar-refractivity contribution is 7.99. The Hall–Kier alpha value is -3.65. The standard InChI is InChI=1S/C28H28N4O3S/c1-4-16-35-23-15-14-19-10-6-7-11-20(19)24(23)27-31(18(3)33)22-13-9-8-12-21(22)25-26(34)29-28(30-32(25)27)36-17-5-2/h6-15,27H,4-5,16-17H2,1-3H3/p+1/t27-/m0/s1. The summed E-state index contributed by atoms with van der Waals surface area (Å²) < 4.78 is 7.94. The second-order valence-corrected chi connectivity index (χ2v) is 9.81. The molecule has 1 aliphatic heterocycles. The summed E-state index contributed by atoms with van der Waals surface area (Å²) in [7, 11) is 0. The number of carbonyl (C=O) groups is 1. The zero-order valence-electron chi connectivity index (χ0n) is 20.7. The first-order valence-electron chi connectivity index (χ1n) is 12.3. The van der Waals surface area contributed by atoms with E-state index < -0.39 is 6.17 Å². The molecule has 0 spiro atoms. The molecule has 0 saturated heterocycles. The van der Waals surface area contributed by atoms with Crippen molar-refractivity contribution in [3.63, 3.8) is 0 Å². The highest BCUT2D eigenvalue weighted by Gasteiger charge is 2.46. The molecule has 0 bridgehead atoms. The van der Waals surface area contributed by atoms with Crippen LogP contribution in [0.15, 0.2) is 70.6 Å². The van der Waals surface area contributed by atoms with Crippen LogP contribution in [0.5, 0.6) is 5.75 Å². The van der Waals surface area contributed by atoms with Gasteiger partial charge in [-0.3, -0.25) is 14.6 Å². The van der Waals surface area contributed by atoms with Crippen molar-refractivity contribution in [1.29, 1.82) is 0 Å². The number of hydrogen-bond acceptors (Lipinski definition) is 5. The van der Waals surface area contributed by atoms with Crippen molar-refractivity contribution < 1.29 is 14.2 Å². The van der Waals surface area contributed by atoms with E-state index in [1.54, 1.807) is 16.5 Å². The zero-order valence-corrected chi connectivity index (χ0v) is 21.5. The second kappa shape index (κ2) is 10.1. The molecule has 1 N–H and O–H groups in total. The third kappa shape index (κ3) is 4.15. The number of rotatable bonds is 7. The summed E-state index contributed by atoms with van der Waals surface area (Å²) in [5.41, 5.74) is 2.33. The van der Waals surface area contributed by atoms with E-state index in [4.69, 9.17) is 9.84 Å². The number of hydrogen-bond donors (Lipinski definition) is 1. The van der Waals surface area contributed by atoms with Crippen LogP contribution in [0.3, 0.4) is 0 Å². The van der Waals surface area contributed by atoms with Crippen molar-refractivity contribution in [3.05, 3.63) is 76.6 Å². The predicted octanol–water partition coefficient (Wildman–Crippen LogP) is 5.08. The molecule has 0 radical (unpaired) electrons. The summed E-state index contributed by atoms with van der Waals surface area (Å²) in [5, 5.41) is 7.40. The van der Waals surface area contributed by atoms with E-state index >= 15 is 0 Å². The molecule has 7 nitrogen and oxygen atoms in total. The van der Waals surface area contributed by atoms with Gasteiger partial charge in [-0.15, -0.1) is 0 Å². The average Bonchev–Trinajstić information content (AvgIpc) is 2.89. The number of amides is 1. The van der Waals surface area contributed by atoms with Crippen LogP contribution < -0.4 is 19.9 Å². The summed E-state index contributed by atoms with van der Waals surface area (Å²) >= 11 is 1.50. The molecule has 36 heavy (non-hydrogen) atoms. The third-order valence-corrected chi connectivity index (χ3v) is 7.26. The van der Waals surface area contributed by atoms with Gasteiger partial charge >= 0.3 is 11.3 Å². The first-order chi connectivity index (χ1) is 17.5. The summed E-state index contributed by atoms with van der Waals surface area (Å²) in [5.74, 6) is 1.35. The Morgan fingerprint density at radius 3 is 2.64 bits per heavy atom. The normalized spacial score (nSPS) is 14.4. The Labute approximate surface area is 214 Å². The SMILES string of the molecule is CCCOc1ccc2ccccc2c1[C@H]1N(C(C)=O)c2ccccc2-c2c(=O)[nH]c(SCCC)n[n+]21. The molecule has 2 heterocycles. The maximum atomic E-state index is 13.5. The predicted molar refractivity (Wildman–Crippen MR) is 143 cm³/mol. The molecular weight excluding hydrogens is 472 g/mol. The molecule has 5 rings (SSSR count). The van der Waals surface area contributed by atoms with Gasteiger partial charge in [0.2, 0.25) is 11.1 Å². The van der Waals surface area contributed by atoms with Gasteiger partial charge in [-0.2, -0.15) is 0 Å². The number of aromatic amines is 1. The Kier molecular flexibility index (Phi) is 6.78. The van der Waals surface area contributed by atoms with Crippen molar-refractivity contribution in [2.24, 2.45) is 0 Å². The highest BCUT2D eigenvalue weighted by Crippen LogP contribution is 2.42. The van der Waals surface area contributed by atoms with Gasteiger partial charge in [0.1, 0.15) is 5.75 Å². The van der Waals surface area contributed by atoms with E-state index in [-0.39, 0.29) is 11.5 Å². The minimum atomic E-state index is -0.700. The number of thioether (sulfide) groups is 1. The number of nitrogens with one attached hydrogen (secondary N) is 1. The van der Waals surface area contributed by atoms with E-state index in [2.05, 4.69) is 18.8 Å². The lowest BCUT2D eigenvalue weighted by molar-refractivity contribution is -0.763. The number of nitrogens with zero attached hydrogens (tertiary/aromatic N) is 3. The van der Waals surface area contributed by atoms with Gasteiger partial charge in [-0.25, -0.2) is 4.90 Å². The maximum absolute atomic E-state index is 13.5. The third-order valence-electron chi connectivity index (χ3n) is 6.19. The molecule has 0 aliphatic carbocycles. The largest absolute Gasteiger partial charge is 0.493 e. The molecule has 0 unspecified atom stereocenters. The minimum Gasteiger partial charge on any atom is -0.493 e. The van der Waals surface area contributed by atoms with Gasteiger partial charge < -0.3 is 4.74 Å². The number of aromatic nitrogens is 3. The quantitative estimate of drug-likeness (QED) is 0.282. The number of anilines is 1. The van der Waals surface area contributed by atoms with Crippen LogP contribution in [0, 0.1) is 0 Å². The number of ether oxygens (including phenoxy) is 1. The van der Waals surface area contributed by atoms with Crippen LogP contribution in [-0.2, 0) is 4.79 Å². The summed E-state index contributed by atoms with van der Waals surface area (Å²) in [4.78, 5) is 31.5. The Morgan fingerprint density at radius 1 is 1.08 bits per heavy atom. The summed E-state index contributed by atoms with van der Waals surface area (Å²) in [6.07, 6.45) is 1.09. The first kappa shape index (κ1) is 24.1. The smallest absolute Gasteiger partial charge is 0.325 e. The molecule has 8 heteroatoms. The van der Waals surface area contributed by atoms with E-state index in [1.165, 1.54) is 11.8 Å². The van der Waals surface area contributed by atoms with Gasteiger partial charge in [0.15, 0.2) is 0 Å². The van der Waals surface area contributed by atoms with Gasteiger partial charge in [-0.05, 0) is 46.5 Å². The van der Waals surface area contributed by atoms with Crippen LogP contribution in [0.4, 0.5) is 5.69 Å². The van der Waals surface area contributed by atoms with E-state index in [0.29, 0.717) is 34.5 Å². The fraction of sp³-hybridized carbons (Fsp3) is 0.286. The van der Waals surface area contributed by atoms with Crippen LogP contribution >= 0.6 is 11.8 Å². The molecule has 1 aromatic heterocycles. The molecule has 0 saturated carbocycles. The number of H-pyrrole nitrogens is 1. The van der Waals surface area contributed by atoms with E-state index in [9.17, 15) is 9.59 Å². The number of para-hydroxylation sites is 1. The van der Waals surface area contributed by atoms with Crippen molar-refractivity contribution in [2.45, 2.75) is 44.9 Å². The van der Waals surface area contributed by atoms with E-state index in [1.807, 2.05) is 60.7 Å². The van der Waals surface area contributed by atoms with Crippen LogP contribution in [-0.4, -0.2) is 28.3 Å². The van der Waals surface area contributed by atoms with Crippen molar-refractivity contribution in [2.75, 3.05) is 17.3 Å². The average molecular weight is 502 g/mol. The summed E-state index contributed by atoms with van der Waals surface area (Å²) in [6.45, 7) is 6.22. The maximum Gasteiger partial charge on any atom is 0.325 e. The van der Waals surface area contributed by atoms with Crippen LogP contribution in [0.2, 0.25) is 0 Å². The fourth-order valence-electron chi connectivity index (χ4n) is 4.72. The molecular formula is C28H29N4O3S+. The van der Waals surface area contributed by atoms with Gasteiger partial charge in [0, 0.05) is 17.8 Å². The molecule has 184 valence electrons. The van der Waals surface area contributed by atoms with Gasteiger partial charge in [-0.1, -0.05) is 68.1 Å². The zero-order chi connectivity index (χ0) is 25.2. The molecule has 1 atom stereocenters. The number of benzene rings is 3. The summed E-state index contributed by atoms with van der Waals surface area (Å²) in [6, 6.07) is 19.5. The second-order valence-electron chi connectivity index (χ2n) is 8.73. The number of carbonyl (C=O) groups excluding carboxylic acids is 1. The Morgan fingerprint density at radius 2 is 1.86 bits per heavy atom. The highest BCUT2D eigenvalue weighted by atomic mass is 32.2. The monoisotopic (exact) mass is 501 g/mol. The molecule has 3 aromatic carbocycles. The first-order valence-corrected chi connectivity index (χ1v) is 13.3. The molecule has 4 aromatic rings. The van der Waals surface area contributed by atoms with Crippen molar-refractivity contribution >= 4 is 34.1 Å². The molecule has 1 amide bonds. The topological polar surface area (TPSA) is 79.2 Å². The van der Waals surface area contributed by atoms with E-state index in [0.717, 1.165) is 34.9 Å². The minimum absolute atomic E-state index is 0.148. The lowest BCUT2D eigenvalue weighted by atomic mass is 9.96. The van der Waals surface area contributed by atoms with Gasteiger partial charge in [0.25, 0.3) is 6.17 Å². The Bertz CT molecular complexity index is 1500.